The molecule has 0 atom stereocenters. The number of nitrogens with zero attached hydrogens (tertiary/aromatic N) is 3. The van der Waals surface area contributed by atoms with Crippen molar-refractivity contribution in [1.82, 2.24) is 10.1 Å². The average molecular weight is 413 g/mol. The van der Waals surface area contributed by atoms with Gasteiger partial charge in [-0.3, -0.25) is 9.32 Å². The topological polar surface area (TPSA) is 80.5 Å². The Labute approximate surface area is 173 Å². The molecule has 2 aromatic carbocycles. The van der Waals surface area contributed by atoms with Crippen LogP contribution in [0.4, 0.5) is 11.4 Å². The lowest BCUT2D eigenvalue weighted by Crippen LogP contribution is -2.29. The van der Waals surface area contributed by atoms with E-state index in [2.05, 4.69) is 20.4 Å². The maximum Gasteiger partial charge on any atom is 0.418 e. The maximum atomic E-state index is 12.1. The molecule has 0 aliphatic carbocycles. The third kappa shape index (κ3) is 4.86. The van der Waals surface area contributed by atoms with E-state index >= 15 is 0 Å². The number of benzene rings is 2. The predicted octanol–water partition coefficient (Wildman–Crippen LogP) is 4.40. The monoisotopic (exact) mass is 412 g/mol. The molecule has 1 aliphatic heterocycles. The first-order chi connectivity index (χ1) is 14.2. The Morgan fingerprint density at radius 3 is 2.62 bits per heavy atom. The molecular formula is C21H21ClN4O3. The van der Waals surface area contributed by atoms with Gasteiger partial charge in [0.25, 0.3) is 5.91 Å². The number of ether oxygens (including phenoxy) is 1. The Hall–Kier alpha value is -3.06. The Morgan fingerprint density at radius 2 is 1.86 bits per heavy atom. The van der Waals surface area contributed by atoms with Crippen molar-refractivity contribution in [3.05, 3.63) is 53.6 Å². The zero-order valence-corrected chi connectivity index (χ0v) is 16.6. The van der Waals surface area contributed by atoms with Gasteiger partial charge in [-0.05, 0) is 55.7 Å². The number of carbonyl (C=O) groups is 1. The third-order valence-electron chi connectivity index (χ3n) is 4.72. The van der Waals surface area contributed by atoms with Gasteiger partial charge >= 0.3 is 6.08 Å². The molecular weight excluding hydrogens is 392 g/mol. The second-order valence-corrected chi connectivity index (χ2v) is 7.20. The van der Waals surface area contributed by atoms with Gasteiger partial charge in [-0.1, -0.05) is 28.9 Å². The van der Waals surface area contributed by atoms with Crippen molar-refractivity contribution in [2.75, 3.05) is 29.9 Å². The molecule has 4 rings (SSSR count). The lowest BCUT2D eigenvalue weighted by Gasteiger charge is -2.28. The number of aromatic nitrogens is 2. The maximum absolute atomic E-state index is 12.1. The van der Waals surface area contributed by atoms with Crippen LogP contribution in [-0.4, -0.2) is 35.7 Å². The summed E-state index contributed by atoms with van der Waals surface area (Å²) < 4.78 is 10.3. The van der Waals surface area contributed by atoms with Gasteiger partial charge < -0.3 is 15.0 Å². The normalized spacial score (nSPS) is 13.9. The van der Waals surface area contributed by atoms with Crippen LogP contribution in [0.15, 0.2) is 53.1 Å². The number of nitrogens with one attached hydrogen (secondary N) is 1. The van der Waals surface area contributed by atoms with Gasteiger partial charge in [0.2, 0.25) is 5.82 Å². The van der Waals surface area contributed by atoms with Crippen molar-refractivity contribution in [2.45, 2.75) is 19.3 Å². The minimum atomic E-state index is -0.312. The summed E-state index contributed by atoms with van der Waals surface area (Å²) in [6, 6.07) is 15.0. The average Bonchev–Trinajstić information content (AvgIpc) is 3.23. The molecule has 1 N–H and O–H groups in total. The zero-order chi connectivity index (χ0) is 20.1. The van der Waals surface area contributed by atoms with Gasteiger partial charge in [0.1, 0.15) is 0 Å². The van der Waals surface area contributed by atoms with E-state index in [1.807, 2.05) is 36.4 Å². The highest BCUT2D eigenvalue weighted by Crippen LogP contribution is 2.26. The molecule has 2 heterocycles. The molecule has 1 saturated heterocycles. The summed E-state index contributed by atoms with van der Waals surface area (Å²) in [7, 11) is 0. The molecule has 150 valence electrons. The number of hydrogen-bond acceptors (Lipinski definition) is 6. The second kappa shape index (κ2) is 8.96. The van der Waals surface area contributed by atoms with E-state index in [1.165, 1.54) is 24.9 Å². The number of halogens is 1. The first-order valence-electron chi connectivity index (χ1n) is 9.55. The summed E-state index contributed by atoms with van der Waals surface area (Å²) in [5.74, 6) is -0.00692. The molecule has 0 unspecified atom stereocenters. The van der Waals surface area contributed by atoms with Crippen molar-refractivity contribution < 1.29 is 14.1 Å². The summed E-state index contributed by atoms with van der Waals surface area (Å²) in [5.41, 5.74) is 2.52. The van der Waals surface area contributed by atoms with E-state index in [0.29, 0.717) is 22.1 Å². The third-order valence-corrected chi connectivity index (χ3v) is 5.05. The van der Waals surface area contributed by atoms with E-state index < -0.39 is 0 Å². The van der Waals surface area contributed by atoms with Crippen LogP contribution < -0.4 is 15.0 Å². The molecule has 1 aliphatic rings. The molecule has 29 heavy (non-hydrogen) atoms. The van der Waals surface area contributed by atoms with Gasteiger partial charge in [0.05, 0.1) is 5.02 Å². The molecule has 0 saturated carbocycles. The zero-order valence-electron chi connectivity index (χ0n) is 15.8. The van der Waals surface area contributed by atoms with Crippen LogP contribution >= 0.6 is 11.6 Å². The molecule has 7 nitrogen and oxygen atoms in total. The van der Waals surface area contributed by atoms with Gasteiger partial charge in [-0.2, -0.15) is 4.98 Å². The minimum Gasteiger partial charge on any atom is -0.439 e. The number of amides is 1. The fourth-order valence-electron chi connectivity index (χ4n) is 3.25. The highest BCUT2D eigenvalue weighted by Gasteiger charge is 2.14. The molecule has 1 fully saturated rings. The molecule has 1 amide bonds. The van der Waals surface area contributed by atoms with Crippen molar-refractivity contribution >= 4 is 28.9 Å². The minimum absolute atomic E-state index is 0.0875. The number of rotatable bonds is 6. The molecule has 0 spiro atoms. The molecule has 3 aromatic rings. The summed E-state index contributed by atoms with van der Waals surface area (Å²) in [4.78, 5) is 18.6. The van der Waals surface area contributed by atoms with Gasteiger partial charge in [-0.15, -0.1) is 0 Å². The van der Waals surface area contributed by atoms with Crippen LogP contribution in [0.1, 0.15) is 19.3 Å². The molecule has 0 bridgehead atoms. The second-order valence-electron chi connectivity index (χ2n) is 6.80. The Balaban J connectivity index is 1.30. The van der Waals surface area contributed by atoms with Crippen molar-refractivity contribution in [3.8, 4) is 17.5 Å². The van der Waals surface area contributed by atoms with E-state index in [-0.39, 0.29) is 18.6 Å². The van der Waals surface area contributed by atoms with Crippen LogP contribution in [0.25, 0.3) is 11.4 Å². The van der Waals surface area contributed by atoms with Crippen molar-refractivity contribution in [3.63, 3.8) is 0 Å². The molecule has 8 heteroatoms. The molecule has 0 radical (unpaired) electrons. The first-order valence-corrected chi connectivity index (χ1v) is 9.93. The Morgan fingerprint density at radius 1 is 1.10 bits per heavy atom. The largest absolute Gasteiger partial charge is 0.439 e. The fraction of sp³-hybridized carbons (Fsp3) is 0.286. The van der Waals surface area contributed by atoms with Crippen molar-refractivity contribution in [1.29, 1.82) is 0 Å². The van der Waals surface area contributed by atoms with E-state index in [0.717, 1.165) is 13.1 Å². The van der Waals surface area contributed by atoms with Crippen molar-refractivity contribution in [2.24, 2.45) is 0 Å². The van der Waals surface area contributed by atoms with Crippen LogP contribution in [0.3, 0.4) is 0 Å². The van der Waals surface area contributed by atoms with E-state index in [9.17, 15) is 4.79 Å². The summed E-state index contributed by atoms with van der Waals surface area (Å²) in [6.07, 6.45) is 3.66. The van der Waals surface area contributed by atoms with Crippen LogP contribution in [0.5, 0.6) is 6.08 Å². The standard InChI is InChI=1S/C21H21ClN4O3/c22-18-7-3-2-6-17(18)20-24-21(29-25-20)28-14-19(27)23-15-8-10-16(11-9-15)26-12-4-1-5-13-26/h2-3,6-11H,1,4-5,12-14H2,(H,23,27). The highest BCUT2D eigenvalue weighted by molar-refractivity contribution is 6.33. The molecule has 1 aromatic heterocycles. The Kier molecular flexibility index (Phi) is 5.95. The lowest BCUT2D eigenvalue weighted by molar-refractivity contribution is -0.118. The quantitative estimate of drug-likeness (QED) is 0.646. The lowest BCUT2D eigenvalue weighted by atomic mass is 10.1. The first kappa shape index (κ1) is 19.3. The van der Waals surface area contributed by atoms with Gasteiger partial charge in [0.15, 0.2) is 6.61 Å². The Bertz CT molecular complexity index is 968. The smallest absolute Gasteiger partial charge is 0.418 e. The van der Waals surface area contributed by atoms with E-state index in [4.69, 9.17) is 20.9 Å². The van der Waals surface area contributed by atoms with E-state index in [1.54, 1.807) is 12.1 Å². The summed E-state index contributed by atoms with van der Waals surface area (Å²) >= 11 is 6.12. The summed E-state index contributed by atoms with van der Waals surface area (Å²) in [6.45, 7) is 1.93. The fourth-order valence-corrected chi connectivity index (χ4v) is 3.47. The van der Waals surface area contributed by atoms with Gasteiger partial charge in [-0.25, -0.2) is 0 Å². The SMILES string of the molecule is O=C(COc1nc(-c2ccccc2Cl)no1)Nc1ccc(N2CCCCC2)cc1. The number of carbonyl (C=O) groups excluding carboxylic acids is 1. The van der Waals surface area contributed by atoms with Crippen LogP contribution in [0.2, 0.25) is 5.02 Å². The number of anilines is 2. The summed E-state index contributed by atoms with van der Waals surface area (Å²) in [5, 5.41) is 7.13. The predicted molar refractivity (Wildman–Crippen MR) is 111 cm³/mol. The number of hydrogen-bond donors (Lipinski definition) is 1. The van der Waals surface area contributed by atoms with Crippen LogP contribution in [-0.2, 0) is 4.79 Å². The highest BCUT2D eigenvalue weighted by atomic mass is 35.5. The van der Waals surface area contributed by atoms with Gasteiger partial charge in [0, 0.05) is 30.0 Å². The van der Waals surface area contributed by atoms with Crippen LogP contribution in [0, 0.1) is 0 Å². The number of piperidine rings is 1.